The van der Waals surface area contributed by atoms with Gasteiger partial charge in [0, 0.05) is 17.4 Å². The highest BCUT2D eigenvalue weighted by Crippen LogP contribution is 2.33. The largest absolute Gasteiger partial charge is 0.394 e. The van der Waals surface area contributed by atoms with Crippen LogP contribution in [0.2, 0.25) is 0 Å². The molecule has 2 heterocycles. The van der Waals surface area contributed by atoms with Crippen LogP contribution >= 0.6 is 11.8 Å². The van der Waals surface area contributed by atoms with Crippen LogP contribution in [0.1, 0.15) is 31.2 Å². The number of aliphatic hydroxyl groups is 1. The van der Waals surface area contributed by atoms with Gasteiger partial charge in [-0.2, -0.15) is 11.8 Å². The van der Waals surface area contributed by atoms with Crippen LogP contribution in [0.5, 0.6) is 0 Å². The molecule has 7 heteroatoms. The predicted octanol–water partition coefficient (Wildman–Crippen LogP) is 1.43. The lowest BCUT2D eigenvalue weighted by atomic mass is 10.0. The molecule has 4 N–H and O–H groups in total. The van der Waals surface area contributed by atoms with Gasteiger partial charge in [-0.05, 0) is 24.8 Å². The predicted molar refractivity (Wildman–Crippen MR) is 103 cm³/mol. The maximum Gasteiger partial charge on any atom is 0.315 e. The molecular weight excluding hydrogens is 350 g/mol. The van der Waals surface area contributed by atoms with Gasteiger partial charge in [0.1, 0.15) is 0 Å². The summed E-state index contributed by atoms with van der Waals surface area (Å²) in [5, 5.41) is 18.8. The Morgan fingerprint density at radius 2 is 2.08 bits per heavy atom. The third-order valence-electron chi connectivity index (χ3n) is 4.99. The van der Waals surface area contributed by atoms with Gasteiger partial charge in [-0.3, -0.25) is 4.79 Å². The highest BCUT2D eigenvalue weighted by Gasteiger charge is 2.42. The van der Waals surface area contributed by atoms with Crippen LogP contribution in [0, 0.1) is 0 Å². The summed E-state index contributed by atoms with van der Waals surface area (Å²) in [6, 6.07) is 10.0. The van der Waals surface area contributed by atoms with Gasteiger partial charge in [0.05, 0.1) is 24.7 Å². The minimum absolute atomic E-state index is 0.00670. The van der Waals surface area contributed by atoms with E-state index >= 15 is 0 Å². The molecule has 2 fully saturated rings. The minimum atomic E-state index is -0.240. The Balaban J connectivity index is 1.33. The second-order valence-corrected chi connectivity index (χ2v) is 8.28. The highest BCUT2D eigenvalue weighted by atomic mass is 32.2. The lowest BCUT2D eigenvalue weighted by Crippen LogP contribution is -2.39. The first kappa shape index (κ1) is 19.0. The Labute approximate surface area is 158 Å². The molecule has 2 aliphatic rings. The lowest BCUT2D eigenvalue weighted by Gasteiger charge is -2.18. The maximum absolute atomic E-state index is 12.1. The fourth-order valence-electron chi connectivity index (χ4n) is 3.63. The highest BCUT2D eigenvalue weighted by molar-refractivity contribution is 8.00. The molecule has 3 amide bonds. The Morgan fingerprint density at radius 1 is 1.27 bits per heavy atom. The first-order valence-electron chi connectivity index (χ1n) is 9.28. The summed E-state index contributed by atoms with van der Waals surface area (Å²) in [5.41, 5.74) is 1.10. The average molecular weight is 378 g/mol. The van der Waals surface area contributed by atoms with Crippen LogP contribution < -0.4 is 16.0 Å². The number of hydrogen-bond acceptors (Lipinski definition) is 4. The molecule has 0 saturated carbocycles. The number of unbranched alkanes of at least 4 members (excludes halogenated alkanes) is 1. The summed E-state index contributed by atoms with van der Waals surface area (Å²) in [4.78, 5) is 23.5. The van der Waals surface area contributed by atoms with Gasteiger partial charge < -0.3 is 21.1 Å². The van der Waals surface area contributed by atoms with E-state index in [1.165, 1.54) is 0 Å². The maximum atomic E-state index is 12.1. The number of benzene rings is 1. The van der Waals surface area contributed by atoms with Crippen LogP contribution in [-0.2, 0) is 11.2 Å². The van der Waals surface area contributed by atoms with Crippen LogP contribution in [0.4, 0.5) is 4.79 Å². The fourth-order valence-corrected chi connectivity index (χ4v) is 5.18. The van der Waals surface area contributed by atoms with Crippen LogP contribution in [0.3, 0.4) is 0 Å². The third-order valence-corrected chi connectivity index (χ3v) is 6.50. The number of carbonyl (C=O) groups excluding carboxylic acids is 2. The zero-order valence-corrected chi connectivity index (χ0v) is 15.6. The number of rotatable bonds is 9. The summed E-state index contributed by atoms with van der Waals surface area (Å²) in [6.07, 6.45) is 3.91. The average Bonchev–Trinajstić information content (AvgIpc) is 3.18. The van der Waals surface area contributed by atoms with E-state index in [0.29, 0.717) is 18.1 Å². The molecule has 2 aliphatic heterocycles. The number of nitrogens with one attached hydrogen (secondary N) is 3. The van der Waals surface area contributed by atoms with E-state index in [9.17, 15) is 14.7 Å². The second kappa shape index (κ2) is 9.28. The molecule has 26 heavy (non-hydrogen) atoms. The van der Waals surface area contributed by atoms with Gasteiger partial charge in [0.15, 0.2) is 0 Å². The normalized spacial score (nSPS) is 25.3. The quantitative estimate of drug-likeness (QED) is 0.387. The Morgan fingerprint density at radius 3 is 2.85 bits per heavy atom. The van der Waals surface area contributed by atoms with Gasteiger partial charge in [0.2, 0.25) is 5.91 Å². The van der Waals surface area contributed by atoms with Crippen molar-refractivity contribution in [3.63, 3.8) is 0 Å². The molecule has 2 saturated heterocycles. The lowest BCUT2D eigenvalue weighted by molar-refractivity contribution is -0.122. The minimum Gasteiger partial charge on any atom is -0.394 e. The SMILES string of the molecule is O=C(CCCC[C@@H]1SC[C@H]2NC(=O)N[C@H]12)N[C@H](CO)Cc1ccccc1. The van der Waals surface area contributed by atoms with Crippen molar-refractivity contribution in [1.29, 1.82) is 0 Å². The van der Waals surface area contributed by atoms with Crippen molar-refractivity contribution < 1.29 is 14.7 Å². The number of thioether (sulfide) groups is 1. The fraction of sp³-hybridized carbons (Fsp3) is 0.579. The van der Waals surface area contributed by atoms with Crippen LogP contribution in [0.15, 0.2) is 30.3 Å². The topological polar surface area (TPSA) is 90.5 Å². The molecule has 0 aliphatic carbocycles. The number of aliphatic hydroxyl groups excluding tert-OH is 1. The zero-order valence-electron chi connectivity index (χ0n) is 14.8. The second-order valence-electron chi connectivity index (χ2n) is 7.00. The third kappa shape index (κ3) is 5.14. The standard InChI is InChI=1S/C19H27N3O3S/c23-11-14(10-13-6-2-1-3-7-13)20-17(24)9-5-4-8-16-18-15(12-26-16)21-19(25)22-18/h1-3,6-7,14-16,18,23H,4-5,8-12H2,(H,20,24)(H2,21,22,25)/t14-,15+,16-,18-/m0/s1. The summed E-state index contributed by atoms with van der Waals surface area (Å²) >= 11 is 1.90. The molecule has 142 valence electrons. The van der Waals surface area contributed by atoms with Gasteiger partial charge >= 0.3 is 6.03 Å². The van der Waals surface area contributed by atoms with Crippen molar-refractivity contribution in [3.05, 3.63) is 35.9 Å². The molecule has 1 aromatic carbocycles. The van der Waals surface area contributed by atoms with Gasteiger partial charge in [-0.15, -0.1) is 0 Å². The monoisotopic (exact) mass is 377 g/mol. The van der Waals surface area contributed by atoms with E-state index in [1.807, 2.05) is 42.1 Å². The van der Waals surface area contributed by atoms with E-state index in [-0.39, 0.29) is 36.7 Å². The molecule has 6 nitrogen and oxygen atoms in total. The number of amides is 3. The van der Waals surface area contributed by atoms with E-state index < -0.39 is 0 Å². The Kier molecular flexibility index (Phi) is 6.80. The number of carbonyl (C=O) groups is 2. The van der Waals surface area contributed by atoms with E-state index in [1.54, 1.807) is 0 Å². The smallest absolute Gasteiger partial charge is 0.315 e. The van der Waals surface area contributed by atoms with Gasteiger partial charge in [0.25, 0.3) is 0 Å². The summed E-state index contributed by atoms with van der Waals surface area (Å²) in [6.45, 7) is -0.0604. The van der Waals surface area contributed by atoms with Gasteiger partial charge in [-0.25, -0.2) is 4.79 Å². The van der Waals surface area contributed by atoms with Crippen molar-refractivity contribution >= 4 is 23.7 Å². The summed E-state index contributed by atoms with van der Waals surface area (Å²) < 4.78 is 0. The number of hydrogen-bond donors (Lipinski definition) is 4. The van der Waals surface area contributed by atoms with Gasteiger partial charge in [-0.1, -0.05) is 36.8 Å². The Bertz CT molecular complexity index is 613. The summed E-state index contributed by atoms with van der Waals surface area (Å²) in [5.74, 6) is 0.958. The van der Waals surface area contributed by atoms with Crippen molar-refractivity contribution in [2.75, 3.05) is 12.4 Å². The molecule has 0 bridgehead atoms. The summed E-state index contributed by atoms with van der Waals surface area (Å²) in [7, 11) is 0. The first-order chi connectivity index (χ1) is 12.7. The van der Waals surface area contributed by atoms with Crippen LogP contribution in [0.25, 0.3) is 0 Å². The van der Waals surface area contributed by atoms with E-state index in [4.69, 9.17) is 0 Å². The molecule has 0 aromatic heterocycles. The number of urea groups is 1. The molecule has 4 atom stereocenters. The van der Waals surface area contributed by atoms with E-state index in [2.05, 4.69) is 16.0 Å². The van der Waals surface area contributed by atoms with Crippen molar-refractivity contribution in [2.45, 2.75) is 55.5 Å². The molecule has 0 spiro atoms. The molecule has 0 radical (unpaired) electrons. The van der Waals surface area contributed by atoms with E-state index in [0.717, 1.165) is 30.6 Å². The molecular formula is C19H27N3O3S. The Hall–Kier alpha value is -1.73. The molecule has 1 aromatic rings. The molecule has 0 unspecified atom stereocenters. The van der Waals surface area contributed by atoms with Crippen molar-refractivity contribution in [2.24, 2.45) is 0 Å². The zero-order chi connectivity index (χ0) is 18.4. The van der Waals surface area contributed by atoms with Crippen molar-refractivity contribution in [1.82, 2.24) is 16.0 Å². The van der Waals surface area contributed by atoms with Crippen molar-refractivity contribution in [3.8, 4) is 0 Å². The number of fused-ring (bicyclic) bond motifs is 1. The van der Waals surface area contributed by atoms with Crippen LogP contribution in [-0.4, -0.2) is 52.8 Å². The first-order valence-corrected chi connectivity index (χ1v) is 10.3. The molecule has 3 rings (SSSR count).